The number of likely N-dealkylation sites (tertiary alicyclic amines) is 1. The van der Waals surface area contributed by atoms with E-state index in [0.29, 0.717) is 36.0 Å². The Bertz CT molecular complexity index is 788. The van der Waals surface area contributed by atoms with Gasteiger partial charge in [-0.15, -0.1) is 0 Å². The van der Waals surface area contributed by atoms with Crippen molar-refractivity contribution in [2.75, 3.05) is 20.2 Å². The molecular formula is C20H21Cl2NO3. The van der Waals surface area contributed by atoms with Crippen molar-refractivity contribution in [3.05, 3.63) is 63.6 Å². The van der Waals surface area contributed by atoms with Crippen LogP contribution in [0.3, 0.4) is 0 Å². The van der Waals surface area contributed by atoms with Crippen LogP contribution < -0.4 is 4.74 Å². The smallest absolute Gasteiger partial charge is 0.306 e. The predicted molar refractivity (Wildman–Crippen MR) is 103 cm³/mol. The molecule has 0 amide bonds. The van der Waals surface area contributed by atoms with Gasteiger partial charge in [0, 0.05) is 5.56 Å². The fourth-order valence-electron chi connectivity index (χ4n) is 3.57. The summed E-state index contributed by atoms with van der Waals surface area (Å²) in [4.78, 5) is 13.6. The molecule has 1 aliphatic heterocycles. The molecule has 1 unspecified atom stereocenters. The minimum atomic E-state index is -0.715. The van der Waals surface area contributed by atoms with Gasteiger partial charge in [-0.2, -0.15) is 0 Å². The first kappa shape index (κ1) is 19.0. The highest BCUT2D eigenvalue weighted by Gasteiger charge is 2.31. The summed E-state index contributed by atoms with van der Waals surface area (Å²) < 4.78 is 5.57. The van der Waals surface area contributed by atoms with Crippen molar-refractivity contribution in [3.8, 4) is 5.75 Å². The van der Waals surface area contributed by atoms with Crippen LogP contribution in [0.4, 0.5) is 0 Å². The van der Waals surface area contributed by atoms with Crippen LogP contribution in [0.2, 0.25) is 10.0 Å². The molecule has 6 heteroatoms. The number of para-hydroxylation sites is 1. The summed E-state index contributed by atoms with van der Waals surface area (Å²) in [5.41, 5.74) is 2.04. The molecule has 1 aliphatic rings. The lowest BCUT2D eigenvalue weighted by molar-refractivity contribution is -0.143. The number of hydrogen-bond donors (Lipinski definition) is 1. The van der Waals surface area contributed by atoms with Crippen LogP contribution in [-0.4, -0.2) is 36.2 Å². The fourth-order valence-corrected chi connectivity index (χ4v) is 3.87. The third-order valence-corrected chi connectivity index (χ3v) is 5.68. The topological polar surface area (TPSA) is 49.8 Å². The Balaban J connectivity index is 1.99. The molecule has 1 N–H and O–H groups in total. The normalized spacial score (nSPS) is 17.0. The monoisotopic (exact) mass is 393 g/mol. The van der Waals surface area contributed by atoms with Crippen LogP contribution in [0.1, 0.15) is 30.0 Å². The van der Waals surface area contributed by atoms with E-state index in [4.69, 9.17) is 27.9 Å². The number of carboxylic acid groups (broad SMARTS) is 1. The van der Waals surface area contributed by atoms with Gasteiger partial charge in [-0.05, 0) is 49.7 Å². The zero-order chi connectivity index (χ0) is 18.7. The molecule has 26 heavy (non-hydrogen) atoms. The van der Waals surface area contributed by atoms with E-state index in [0.717, 1.165) is 16.9 Å². The highest BCUT2D eigenvalue weighted by molar-refractivity contribution is 6.42. The van der Waals surface area contributed by atoms with E-state index in [2.05, 4.69) is 4.90 Å². The minimum Gasteiger partial charge on any atom is -0.496 e. The Labute approximate surface area is 163 Å². The summed E-state index contributed by atoms with van der Waals surface area (Å²) in [5.74, 6) is -0.199. The minimum absolute atomic E-state index is 0.0735. The van der Waals surface area contributed by atoms with Gasteiger partial charge in [0.1, 0.15) is 5.75 Å². The molecule has 4 nitrogen and oxygen atoms in total. The maximum atomic E-state index is 11.3. The Morgan fingerprint density at radius 3 is 2.46 bits per heavy atom. The zero-order valence-corrected chi connectivity index (χ0v) is 16.0. The number of nitrogens with zero attached hydrogens (tertiary/aromatic N) is 1. The third kappa shape index (κ3) is 3.98. The number of piperidine rings is 1. The summed E-state index contributed by atoms with van der Waals surface area (Å²) in [7, 11) is 1.65. The van der Waals surface area contributed by atoms with Crippen molar-refractivity contribution in [2.45, 2.75) is 18.9 Å². The van der Waals surface area contributed by atoms with Gasteiger partial charge >= 0.3 is 5.97 Å². The van der Waals surface area contributed by atoms with Crippen molar-refractivity contribution in [1.82, 2.24) is 4.90 Å². The number of carbonyl (C=O) groups is 1. The van der Waals surface area contributed by atoms with E-state index in [1.807, 2.05) is 36.4 Å². The van der Waals surface area contributed by atoms with E-state index in [9.17, 15) is 9.90 Å². The van der Waals surface area contributed by atoms with Gasteiger partial charge in [0.15, 0.2) is 0 Å². The lowest BCUT2D eigenvalue weighted by atomic mass is 9.91. The Morgan fingerprint density at radius 2 is 1.85 bits per heavy atom. The average Bonchev–Trinajstić information content (AvgIpc) is 2.65. The highest BCUT2D eigenvalue weighted by atomic mass is 35.5. The Morgan fingerprint density at radius 1 is 1.15 bits per heavy atom. The third-order valence-electron chi connectivity index (χ3n) is 4.94. The molecule has 1 heterocycles. The van der Waals surface area contributed by atoms with E-state index in [1.54, 1.807) is 13.2 Å². The van der Waals surface area contributed by atoms with E-state index in [-0.39, 0.29) is 12.0 Å². The molecule has 1 atom stereocenters. The molecule has 3 rings (SSSR count). The van der Waals surface area contributed by atoms with E-state index in [1.165, 1.54) is 0 Å². The molecular weight excluding hydrogens is 373 g/mol. The number of halogens is 2. The SMILES string of the molecule is COc1ccccc1C(c1ccc(Cl)c(Cl)c1)N1CCC(C(=O)O)CC1. The quantitative estimate of drug-likeness (QED) is 0.785. The van der Waals surface area contributed by atoms with Crippen LogP contribution in [0.25, 0.3) is 0 Å². The molecule has 2 aromatic rings. The van der Waals surface area contributed by atoms with Crippen molar-refractivity contribution in [1.29, 1.82) is 0 Å². The van der Waals surface area contributed by atoms with E-state index < -0.39 is 5.97 Å². The molecule has 0 spiro atoms. The maximum absolute atomic E-state index is 11.3. The lowest BCUT2D eigenvalue weighted by Gasteiger charge is -2.37. The first-order chi connectivity index (χ1) is 12.5. The lowest BCUT2D eigenvalue weighted by Crippen LogP contribution is -2.39. The second kappa shape index (κ2) is 8.30. The summed E-state index contributed by atoms with van der Waals surface area (Å²) in [6, 6.07) is 13.5. The summed E-state index contributed by atoms with van der Waals surface area (Å²) in [5, 5.41) is 10.3. The first-order valence-corrected chi connectivity index (χ1v) is 9.31. The summed E-state index contributed by atoms with van der Waals surface area (Å²) in [6.45, 7) is 1.39. The van der Waals surface area contributed by atoms with Gasteiger partial charge in [-0.25, -0.2) is 0 Å². The largest absolute Gasteiger partial charge is 0.496 e. The molecule has 2 aromatic carbocycles. The molecule has 0 radical (unpaired) electrons. The highest BCUT2D eigenvalue weighted by Crippen LogP contribution is 2.38. The molecule has 1 saturated heterocycles. The number of carboxylic acids is 1. The second-order valence-electron chi connectivity index (χ2n) is 6.47. The van der Waals surface area contributed by atoms with Crippen molar-refractivity contribution in [3.63, 3.8) is 0 Å². The molecule has 0 saturated carbocycles. The summed E-state index contributed by atoms with van der Waals surface area (Å²) in [6.07, 6.45) is 1.25. The van der Waals surface area contributed by atoms with Gasteiger partial charge in [0.25, 0.3) is 0 Å². The molecule has 1 fully saturated rings. The molecule has 0 aliphatic carbocycles. The molecule has 138 valence electrons. The van der Waals surface area contributed by atoms with Crippen LogP contribution in [0.5, 0.6) is 5.75 Å². The Kier molecular flexibility index (Phi) is 6.07. The number of aliphatic carboxylic acids is 1. The molecule has 0 aromatic heterocycles. The second-order valence-corrected chi connectivity index (χ2v) is 7.28. The van der Waals surface area contributed by atoms with Gasteiger partial charge in [-0.3, -0.25) is 9.69 Å². The number of hydrogen-bond acceptors (Lipinski definition) is 3. The number of methoxy groups -OCH3 is 1. The number of benzene rings is 2. The number of rotatable bonds is 5. The van der Waals surface area contributed by atoms with Crippen LogP contribution in [-0.2, 0) is 4.79 Å². The van der Waals surface area contributed by atoms with E-state index >= 15 is 0 Å². The Hall–Kier alpha value is -1.75. The van der Waals surface area contributed by atoms with Crippen molar-refractivity contribution >= 4 is 29.2 Å². The van der Waals surface area contributed by atoms with Crippen LogP contribution in [0.15, 0.2) is 42.5 Å². The van der Waals surface area contributed by atoms with Gasteiger partial charge < -0.3 is 9.84 Å². The average molecular weight is 394 g/mol. The fraction of sp³-hybridized carbons (Fsp3) is 0.350. The van der Waals surface area contributed by atoms with Crippen LogP contribution >= 0.6 is 23.2 Å². The summed E-state index contributed by atoms with van der Waals surface area (Å²) >= 11 is 12.4. The van der Waals surface area contributed by atoms with Crippen molar-refractivity contribution < 1.29 is 14.6 Å². The number of ether oxygens (including phenoxy) is 1. The predicted octanol–water partition coefficient (Wildman–Crippen LogP) is 4.89. The van der Waals surface area contributed by atoms with Gasteiger partial charge in [0.05, 0.1) is 29.1 Å². The standard InChI is InChI=1S/C20H21Cl2NO3/c1-26-18-5-3-2-4-15(18)19(14-6-7-16(21)17(22)12-14)23-10-8-13(9-11-23)20(24)25/h2-7,12-13,19H,8-11H2,1H3,(H,24,25). The maximum Gasteiger partial charge on any atom is 0.306 e. The van der Waals surface area contributed by atoms with Crippen LogP contribution in [0, 0.1) is 5.92 Å². The van der Waals surface area contributed by atoms with Gasteiger partial charge in [-0.1, -0.05) is 47.5 Å². The zero-order valence-electron chi connectivity index (χ0n) is 14.5. The molecule has 0 bridgehead atoms. The van der Waals surface area contributed by atoms with Crippen molar-refractivity contribution in [2.24, 2.45) is 5.92 Å². The first-order valence-electron chi connectivity index (χ1n) is 8.56. The van der Waals surface area contributed by atoms with Gasteiger partial charge in [0.2, 0.25) is 0 Å².